The molecule has 104 valence electrons. The van der Waals surface area contributed by atoms with Crippen LogP contribution in [0.5, 0.6) is 5.75 Å². The van der Waals surface area contributed by atoms with E-state index in [9.17, 15) is 4.39 Å². The average Bonchev–Trinajstić information content (AvgIpc) is 3.26. The van der Waals surface area contributed by atoms with Crippen LogP contribution in [0, 0.1) is 12.7 Å². The Balaban J connectivity index is 2.20. The molecule has 0 saturated heterocycles. The third kappa shape index (κ3) is 2.19. The summed E-state index contributed by atoms with van der Waals surface area (Å²) < 4.78 is 18.8. The van der Waals surface area contributed by atoms with Crippen molar-refractivity contribution in [2.75, 3.05) is 12.8 Å². The van der Waals surface area contributed by atoms with Crippen LogP contribution in [0.2, 0.25) is 0 Å². The van der Waals surface area contributed by atoms with Crippen molar-refractivity contribution in [2.24, 2.45) is 0 Å². The Bertz CT molecular complexity index is 668. The molecule has 1 heterocycles. The molecular formula is C15H16FN3O. The second kappa shape index (κ2) is 4.74. The first-order valence-electron chi connectivity index (χ1n) is 6.58. The zero-order valence-corrected chi connectivity index (χ0v) is 11.5. The first-order valence-corrected chi connectivity index (χ1v) is 6.58. The van der Waals surface area contributed by atoms with E-state index in [2.05, 4.69) is 9.97 Å². The maximum atomic E-state index is 13.5. The maximum Gasteiger partial charge on any atom is 0.134 e. The highest BCUT2D eigenvalue weighted by atomic mass is 19.1. The van der Waals surface area contributed by atoms with Gasteiger partial charge in [0, 0.05) is 17.0 Å². The van der Waals surface area contributed by atoms with Gasteiger partial charge in [0.05, 0.1) is 12.8 Å². The molecule has 1 aromatic carbocycles. The smallest absolute Gasteiger partial charge is 0.134 e. The number of halogens is 1. The zero-order valence-electron chi connectivity index (χ0n) is 11.5. The van der Waals surface area contributed by atoms with E-state index in [1.54, 1.807) is 13.2 Å². The molecule has 3 rings (SSSR count). The van der Waals surface area contributed by atoms with E-state index >= 15 is 0 Å². The highest BCUT2D eigenvalue weighted by Crippen LogP contribution is 2.40. The van der Waals surface area contributed by atoms with E-state index in [1.807, 2.05) is 6.92 Å². The SMILES string of the molecule is COc1ccc(F)cc1-c1nc(C2CC2)nc(N)c1C. The number of benzene rings is 1. The second-order valence-corrected chi connectivity index (χ2v) is 5.06. The summed E-state index contributed by atoms with van der Waals surface area (Å²) in [4.78, 5) is 8.91. The Morgan fingerprint density at radius 2 is 2.05 bits per heavy atom. The number of rotatable bonds is 3. The molecule has 0 aliphatic heterocycles. The van der Waals surface area contributed by atoms with Crippen LogP contribution >= 0.6 is 0 Å². The summed E-state index contributed by atoms with van der Waals surface area (Å²) in [6.45, 7) is 1.84. The van der Waals surface area contributed by atoms with Gasteiger partial charge in [-0.25, -0.2) is 14.4 Å². The fourth-order valence-electron chi connectivity index (χ4n) is 2.20. The highest BCUT2D eigenvalue weighted by molar-refractivity contribution is 5.73. The summed E-state index contributed by atoms with van der Waals surface area (Å²) in [5.74, 6) is 1.83. The summed E-state index contributed by atoms with van der Waals surface area (Å²) in [5.41, 5.74) is 7.98. The van der Waals surface area contributed by atoms with E-state index in [1.165, 1.54) is 12.1 Å². The molecule has 1 aliphatic rings. The van der Waals surface area contributed by atoms with E-state index in [4.69, 9.17) is 10.5 Å². The average molecular weight is 273 g/mol. The van der Waals surface area contributed by atoms with Crippen molar-refractivity contribution < 1.29 is 9.13 Å². The summed E-state index contributed by atoms with van der Waals surface area (Å²) in [7, 11) is 1.55. The second-order valence-electron chi connectivity index (χ2n) is 5.06. The molecular weight excluding hydrogens is 257 g/mol. The number of anilines is 1. The van der Waals surface area contributed by atoms with Gasteiger partial charge in [0.15, 0.2) is 0 Å². The lowest BCUT2D eigenvalue weighted by Gasteiger charge is -2.13. The van der Waals surface area contributed by atoms with Crippen molar-refractivity contribution >= 4 is 5.82 Å². The van der Waals surface area contributed by atoms with Crippen LogP contribution in [0.1, 0.15) is 30.1 Å². The molecule has 0 spiro atoms. The molecule has 0 atom stereocenters. The normalized spacial score (nSPS) is 14.3. The van der Waals surface area contributed by atoms with Crippen molar-refractivity contribution in [3.63, 3.8) is 0 Å². The van der Waals surface area contributed by atoms with E-state index in [0.717, 1.165) is 24.2 Å². The molecule has 5 heteroatoms. The molecule has 1 aromatic heterocycles. The standard InChI is InChI=1S/C15H16FN3O/c1-8-13(11-7-10(16)5-6-12(11)20-2)18-15(9-3-4-9)19-14(8)17/h5-7,9H,3-4H2,1-2H3,(H2,17,18,19). The topological polar surface area (TPSA) is 61.0 Å². The molecule has 20 heavy (non-hydrogen) atoms. The number of hydrogen-bond acceptors (Lipinski definition) is 4. The monoisotopic (exact) mass is 273 g/mol. The van der Waals surface area contributed by atoms with Crippen LogP contribution in [0.15, 0.2) is 18.2 Å². The number of methoxy groups -OCH3 is 1. The van der Waals surface area contributed by atoms with Crippen molar-refractivity contribution in [3.8, 4) is 17.0 Å². The lowest BCUT2D eigenvalue weighted by molar-refractivity contribution is 0.415. The van der Waals surface area contributed by atoms with Crippen LogP contribution in [0.4, 0.5) is 10.2 Å². The maximum absolute atomic E-state index is 13.5. The van der Waals surface area contributed by atoms with Gasteiger partial charge in [0.2, 0.25) is 0 Å². The molecule has 2 aromatic rings. The van der Waals surface area contributed by atoms with Gasteiger partial charge in [0.1, 0.15) is 23.2 Å². The first kappa shape index (κ1) is 12.8. The van der Waals surface area contributed by atoms with Crippen molar-refractivity contribution in [3.05, 3.63) is 35.4 Å². The van der Waals surface area contributed by atoms with Gasteiger partial charge >= 0.3 is 0 Å². The minimum Gasteiger partial charge on any atom is -0.496 e. The highest BCUT2D eigenvalue weighted by Gasteiger charge is 2.28. The molecule has 0 radical (unpaired) electrons. The van der Waals surface area contributed by atoms with E-state index in [0.29, 0.717) is 28.7 Å². The molecule has 4 nitrogen and oxygen atoms in total. The third-order valence-electron chi connectivity index (χ3n) is 3.56. The van der Waals surface area contributed by atoms with Crippen LogP contribution < -0.4 is 10.5 Å². The Kier molecular flexibility index (Phi) is 3.04. The molecule has 0 unspecified atom stereocenters. The number of ether oxygens (including phenoxy) is 1. The molecule has 2 N–H and O–H groups in total. The van der Waals surface area contributed by atoms with Gasteiger partial charge in [-0.1, -0.05) is 0 Å². The molecule has 0 bridgehead atoms. The van der Waals surface area contributed by atoms with E-state index in [-0.39, 0.29) is 5.82 Å². The molecule has 1 fully saturated rings. The molecule has 1 saturated carbocycles. The van der Waals surface area contributed by atoms with Gasteiger partial charge in [-0.15, -0.1) is 0 Å². The summed E-state index contributed by atoms with van der Waals surface area (Å²) in [6, 6.07) is 4.38. The fourth-order valence-corrected chi connectivity index (χ4v) is 2.20. The lowest BCUT2D eigenvalue weighted by atomic mass is 10.1. The van der Waals surface area contributed by atoms with Crippen LogP contribution in [-0.2, 0) is 0 Å². The fraction of sp³-hybridized carbons (Fsp3) is 0.333. The predicted molar refractivity (Wildman–Crippen MR) is 75.1 cm³/mol. The lowest BCUT2D eigenvalue weighted by Crippen LogP contribution is -2.05. The molecule has 0 amide bonds. The van der Waals surface area contributed by atoms with Gasteiger partial charge < -0.3 is 10.5 Å². The van der Waals surface area contributed by atoms with E-state index < -0.39 is 0 Å². The Hall–Kier alpha value is -2.17. The van der Waals surface area contributed by atoms with Gasteiger partial charge in [0.25, 0.3) is 0 Å². The van der Waals surface area contributed by atoms with Crippen molar-refractivity contribution in [1.82, 2.24) is 9.97 Å². The van der Waals surface area contributed by atoms with Crippen LogP contribution in [-0.4, -0.2) is 17.1 Å². The van der Waals surface area contributed by atoms with Crippen molar-refractivity contribution in [2.45, 2.75) is 25.7 Å². The van der Waals surface area contributed by atoms with Crippen LogP contribution in [0.3, 0.4) is 0 Å². The first-order chi connectivity index (χ1) is 9.60. The zero-order chi connectivity index (χ0) is 14.3. The van der Waals surface area contributed by atoms with Crippen molar-refractivity contribution in [1.29, 1.82) is 0 Å². The summed E-state index contributed by atoms with van der Waals surface area (Å²) in [6.07, 6.45) is 2.17. The van der Waals surface area contributed by atoms with Gasteiger partial charge in [-0.05, 0) is 38.0 Å². The van der Waals surface area contributed by atoms with Crippen LogP contribution in [0.25, 0.3) is 11.3 Å². The minimum absolute atomic E-state index is 0.328. The predicted octanol–water partition coefficient (Wildman–Crippen LogP) is 3.06. The van der Waals surface area contributed by atoms with Gasteiger partial charge in [-0.2, -0.15) is 0 Å². The number of nitrogens with two attached hydrogens (primary N) is 1. The quantitative estimate of drug-likeness (QED) is 0.933. The number of aromatic nitrogens is 2. The van der Waals surface area contributed by atoms with Gasteiger partial charge in [-0.3, -0.25) is 0 Å². The Morgan fingerprint density at radius 1 is 1.30 bits per heavy atom. The Morgan fingerprint density at radius 3 is 2.70 bits per heavy atom. The summed E-state index contributed by atoms with van der Waals surface area (Å²) >= 11 is 0. The Labute approximate surface area is 116 Å². The largest absolute Gasteiger partial charge is 0.496 e. The minimum atomic E-state index is -0.328. The number of nitrogens with zero attached hydrogens (tertiary/aromatic N) is 2. The third-order valence-corrected chi connectivity index (χ3v) is 3.56. The number of hydrogen-bond donors (Lipinski definition) is 1. The summed E-state index contributed by atoms with van der Waals surface area (Å²) in [5, 5.41) is 0. The molecule has 1 aliphatic carbocycles. The number of nitrogen functional groups attached to an aromatic ring is 1.